The van der Waals surface area contributed by atoms with Crippen LogP contribution in [0.5, 0.6) is 5.75 Å². The van der Waals surface area contributed by atoms with Crippen molar-refractivity contribution in [3.8, 4) is 5.75 Å². The first-order chi connectivity index (χ1) is 16.2. The van der Waals surface area contributed by atoms with Crippen LogP contribution in [-0.4, -0.2) is 41.3 Å². The van der Waals surface area contributed by atoms with E-state index in [9.17, 15) is 4.79 Å². The number of nitrogens with zero attached hydrogens (tertiary/aromatic N) is 3. The lowest BCUT2D eigenvalue weighted by molar-refractivity contribution is -0.113. The Morgan fingerprint density at radius 3 is 2.52 bits per heavy atom. The van der Waals surface area contributed by atoms with Crippen molar-refractivity contribution >= 4 is 29.2 Å². The highest BCUT2D eigenvalue weighted by Gasteiger charge is 2.23. The van der Waals surface area contributed by atoms with Gasteiger partial charge in [0, 0.05) is 31.2 Å². The molecule has 1 saturated heterocycles. The number of carbonyl (C=O) groups excluding carboxylic acids is 1. The van der Waals surface area contributed by atoms with Crippen LogP contribution in [-0.2, 0) is 11.2 Å². The molecule has 2 aromatic carbocycles. The predicted molar refractivity (Wildman–Crippen MR) is 134 cm³/mol. The van der Waals surface area contributed by atoms with Gasteiger partial charge in [0.2, 0.25) is 5.91 Å². The van der Waals surface area contributed by atoms with E-state index in [1.165, 1.54) is 17.3 Å². The zero-order chi connectivity index (χ0) is 22.9. The lowest BCUT2D eigenvalue weighted by Gasteiger charge is -2.33. The highest BCUT2D eigenvalue weighted by Crippen LogP contribution is 2.30. The monoisotopic (exact) mass is 462 g/mol. The first-order valence-electron chi connectivity index (χ1n) is 11.5. The van der Waals surface area contributed by atoms with Gasteiger partial charge in [-0.2, -0.15) is 0 Å². The second kappa shape index (κ2) is 11.7. The maximum atomic E-state index is 12.5. The topological polar surface area (TPSA) is 67.3 Å². The number of ether oxygens (including phenoxy) is 1. The smallest absolute Gasteiger partial charge is 0.234 e. The number of thioether (sulfide) groups is 1. The third-order valence-corrected chi connectivity index (χ3v) is 6.68. The minimum absolute atomic E-state index is 0.0673. The molecule has 33 heavy (non-hydrogen) atoms. The van der Waals surface area contributed by atoms with Crippen molar-refractivity contribution < 1.29 is 9.53 Å². The van der Waals surface area contributed by atoms with E-state index >= 15 is 0 Å². The number of carbonyl (C=O) groups is 1. The Morgan fingerprint density at radius 2 is 1.79 bits per heavy atom. The standard InChI is InChI=1S/C26H30N4O2S/c1-2-32-23-10-8-22(9-11-23)29-24(31)19-33-26-25(27-14-15-28-26)30-16-12-21(13-17-30)18-20-6-4-3-5-7-20/h3-11,14-15,21H,2,12-13,16-19H2,1H3,(H,29,31). The predicted octanol–water partition coefficient (Wildman–Crippen LogP) is 5.07. The lowest BCUT2D eigenvalue weighted by atomic mass is 9.90. The first kappa shape index (κ1) is 23.1. The molecule has 1 amide bonds. The maximum absolute atomic E-state index is 12.5. The van der Waals surface area contributed by atoms with Crippen LogP contribution in [0.4, 0.5) is 11.5 Å². The summed E-state index contributed by atoms with van der Waals surface area (Å²) in [5, 5.41) is 3.74. The molecule has 0 atom stereocenters. The van der Waals surface area contributed by atoms with Gasteiger partial charge in [-0.05, 0) is 61.9 Å². The number of nitrogens with one attached hydrogen (secondary N) is 1. The summed E-state index contributed by atoms with van der Waals surface area (Å²) in [6.45, 7) is 4.48. The van der Waals surface area contributed by atoms with Gasteiger partial charge in [-0.1, -0.05) is 42.1 Å². The summed E-state index contributed by atoms with van der Waals surface area (Å²) >= 11 is 1.43. The van der Waals surface area contributed by atoms with Crippen LogP contribution in [0.2, 0.25) is 0 Å². The van der Waals surface area contributed by atoms with Gasteiger partial charge in [-0.15, -0.1) is 0 Å². The zero-order valence-corrected chi connectivity index (χ0v) is 19.8. The fourth-order valence-electron chi connectivity index (χ4n) is 4.07. The molecule has 172 valence electrons. The second-order valence-electron chi connectivity index (χ2n) is 8.10. The highest BCUT2D eigenvalue weighted by molar-refractivity contribution is 8.00. The van der Waals surface area contributed by atoms with Crippen molar-refractivity contribution in [2.45, 2.75) is 31.2 Å². The second-order valence-corrected chi connectivity index (χ2v) is 9.06. The van der Waals surface area contributed by atoms with Gasteiger partial charge < -0.3 is 15.0 Å². The third-order valence-electron chi connectivity index (χ3n) is 5.72. The van der Waals surface area contributed by atoms with E-state index < -0.39 is 0 Å². The van der Waals surface area contributed by atoms with Crippen molar-refractivity contribution in [3.63, 3.8) is 0 Å². The molecule has 2 heterocycles. The minimum atomic E-state index is -0.0673. The van der Waals surface area contributed by atoms with E-state index in [-0.39, 0.29) is 11.7 Å². The number of aromatic nitrogens is 2. The Bertz CT molecular complexity index is 1020. The Morgan fingerprint density at radius 1 is 1.06 bits per heavy atom. The van der Waals surface area contributed by atoms with Crippen molar-refractivity contribution in [1.29, 1.82) is 0 Å². The molecule has 4 rings (SSSR count). The molecule has 3 aromatic rings. The third kappa shape index (κ3) is 6.71. The average Bonchev–Trinajstić information content (AvgIpc) is 2.85. The molecule has 6 nitrogen and oxygen atoms in total. The summed E-state index contributed by atoms with van der Waals surface area (Å²) in [4.78, 5) is 23.9. The van der Waals surface area contributed by atoms with Crippen LogP contribution < -0.4 is 15.0 Å². The van der Waals surface area contributed by atoms with Gasteiger partial charge in [-0.3, -0.25) is 4.79 Å². The van der Waals surface area contributed by atoms with Gasteiger partial charge in [0.25, 0.3) is 0 Å². The average molecular weight is 463 g/mol. The molecule has 1 aromatic heterocycles. The van der Waals surface area contributed by atoms with Gasteiger partial charge in [0.15, 0.2) is 5.82 Å². The van der Waals surface area contributed by atoms with Gasteiger partial charge in [-0.25, -0.2) is 9.97 Å². The summed E-state index contributed by atoms with van der Waals surface area (Å²) in [5.74, 6) is 2.58. The Kier molecular flexibility index (Phi) is 8.19. The van der Waals surface area contributed by atoms with Crippen LogP contribution in [0.15, 0.2) is 72.0 Å². The fourth-order valence-corrected chi connectivity index (χ4v) is 4.85. The minimum Gasteiger partial charge on any atom is -0.494 e. The molecule has 0 radical (unpaired) electrons. The molecule has 7 heteroatoms. The summed E-state index contributed by atoms with van der Waals surface area (Å²) in [7, 11) is 0. The number of rotatable bonds is 9. The number of benzene rings is 2. The van der Waals surface area contributed by atoms with Crippen molar-refractivity contribution in [1.82, 2.24) is 9.97 Å². The number of piperidine rings is 1. The number of anilines is 2. The van der Waals surface area contributed by atoms with E-state index in [1.807, 2.05) is 31.2 Å². The van der Waals surface area contributed by atoms with Gasteiger partial charge in [0.05, 0.1) is 12.4 Å². The number of hydrogen-bond donors (Lipinski definition) is 1. The molecule has 0 aliphatic carbocycles. The molecule has 1 aliphatic rings. The van der Waals surface area contributed by atoms with Crippen LogP contribution in [0.3, 0.4) is 0 Å². The molecular formula is C26H30N4O2S. The summed E-state index contributed by atoms with van der Waals surface area (Å²) < 4.78 is 5.44. The molecule has 0 unspecified atom stereocenters. The molecule has 0 spiro atoms. The summed E-state index contributed by atoms with van der Waals surface area (Å²) in [5.41, 5.74) is 2.16. The van der Waals surface area contributed by atoms with E-state index in [0.717, 1.165) is 54.6 Å². The zero-order valence-electron chi connectivity index (χ0n) is 18.9. The normalized spacial score (nSPS) is 14.2. The Balaban J connectivity index is 1.29. The number of amides is 1. The summed E-state index contributed by atoms with van der Waals surface area (Å²) in [6.07, 6.45) is 6.82. The van der Waals surface area contributed by atoms with Crippen LogP contribution in [0.25, 0.3) is 0 Å². The fraction of sp³-hybridized carbons (Fsp3) is 0.346. The van der Waals surface area contributed by atoms with Gasteiger partial charge in [0.1, 0.15) is 10.8 Å². The maximum Gasteiger partial charge on any atom is 0.234 e. The first-order valence-corrected chi connectivity index (χ1v) is 12.4. The van der Waals surface area contributed by atoms with Crippen LogP contribution in [0.1, 0.15) is 25.3 Å². The molecule has 1 fully saturated rings. The van der Waals surface area contributed by atoms with Crippen molar-refractivity contribution in [2.75, 3.05) is 35.7 Å². The molecule has 0 saturated carbocycles. The Hall–Kier alpha value is -3.06. The van der Waals surface area contributed by atoms with E-state index in [2.05, 4.69) is 50.5 Å². The van der Waals surface area contributed by atoms with E-state index in [0.29, 0.717) is 12.5 Å². The van der Waals surface area contributed by atoms with Crippen LogP contribution >= 0.6 is 11.8 Å². The largest absolute Gasteiger partial charge is 0.494 e. The molecular weight excluding hydrogens is 432 g/mol. The quantitative estimate of drug-likeness (QED) is 0.448. The van der Waals surface area contributed by atoms with E-state index in [1.54, 1.807) is 12.4 Å². The molecule has 1 aliphatic heterocycles. The Labute approximate surface area is 199 Å². The van der Waals surface area contributed by atoms with Gasteiger partial charge >= 0.3 is 0 Å². The van der Waals surface area contributed by atoms with Crippen molar-refractivity contribution in [3.05, 3.63) is 72.6 Å². The molecule has 0 bridgehead atoms. The molecule has 1 N–H and O–H groups in total. The highest BCUT2D eigenvalue weighted by atomic mass is 32.2. The van der Waals surface area contributed by atoms with E-state index in [4.69, 9.17) is 4.74 Å². The lowest BCUT2D eigenvalue weighted by Crippen LogP contribution is -2.35. The SMILES string of the molecule is CCOc1ccc(NC(=O)CSc2nccnc2N2CCC(Cc3ccccc3)CC2)cc1. The van der Waals surface area contributed by atoms with Crippen LogP contribution in [0, 0.1) is 5.92 Å². The van der Waals surface area contributed by atoms with Crippen molar-refractivity contribution in [2.24, 2.45) is 5.92 Å². The summed E-state index contributed by atoms with van der Waals surface area (Å²) in [6, 6.07) is 18.1. The number of hydrogen-bond acceptors (Lipinski definition) is 6.